The molecule has 0 aliphatic carbocycles. The summed E-state index contributed by atoms with van der Waals surface area (Å²) in [7, 11) is 5.57. The molecule has 0 amide bonds. The van der Waals surface area contributed by atoms with Crippen molar-refractivity contribution in [3.8, 4) is 0 Å². The highest BCUT2D eigenvalue weighted by atomic mass is 16.6. The Morgan fingerprint density at radius 3 is 3.00 bits per heavy atom. The van der Waals surface area contributed by atoms with Gasteiger partial charge in [-0.3, -0.25) is 0 Å². The fourth-order valence-electron chi connectivity index (χ4n) is 1.36. The number of anilines is 1. The van der Waals surface area contributed by atoms with Crippen molar-refractivity contribution in [1.82, 2.24) is 9.78 Å². The Hall–Kier alpha value is -1.41. The maximum Gasteiger partial charge on any atom is 0.162 e. The van der Waals surface area contributed by atoms with Crippen LogP contribution >= 0.6 is 0 Å². The molecule has 0 aliphatic heterocycles. The second kappa shape index (κ2) is 6.24. The lowest BCUT2D eigenvalue weighted by Crippen LogP contribution is -2.12. The highest BCUT2D eigenvalue weighted by Gasteiger charge is 2.14. The first-order valence-corrected chi connectivity index (χ1v) is 4.99. The fourth-order valence-corrected chi connectivity index (χ4v) is 1.36. The molecule has 3 N–H and O–H groups in total. The maximum atomic E-state index is 10.6. The Labute approximate surface area is 94.7 Å². The molecule has 0 bridgehead atoms. The van der Waals surface area contributed by atoms with Crippen LogP contribution in [0.5, 0.6) is 0 Å². The van der Waals surface area contributed by atoms with Gasteiger partial charge in [-0.25, -0.2) is 10.6 Å². The van der Waals surface area contributed by atoms with Gasteiger partial charge < -0.3 is 10.2 Å². The Bertz CT molecular complexity index is 354. The molecule has 1 aromatic rings. The van der Waals surface area contributed by atoms with Crippen LogP contribution in [0.25, 0.3) is 0 Å². The minimum atomic E-state index is 0.125. The number of hydrogen-bond donors (Lipinski definition) is 2. The van der Waals surface area contributed by atoms with Gasteiger partial charge in [-0.1, -0.05) is 0 Å². The molecule has 7 nitrogen and oxygen atoms in total. The van der Waals surface area contributed by atoms with E-state index >= 15 is 0 Å². The Balaban J connectivity index is 2.84. The van der Waals surface area contributed by atoms with Crippen molar-refractivity contribution in [2.24, 2.45) is 11.1 Å². The lowest BCUT2D eigenvalue weighted by atomic mass is 10.0. The topological polar surface area (TPSA) is 94.5 Å². The van der Waals surface area contributed by atoms with Crippen molar-refractivity contribution in [3.63, 3.8) is 0 Å². The number of nitrogens with one attached hydrogen (secondary N) is 1. The predicted molar refractivity (Wildman–Crippen MR) is 62.0 cm³/mol. The van der Waals surface area contributed by atoms with Gasteiger partial charge in [-0.05, 0) is 18.5 Å². The van der Waals surface area contributed by atoms with Gasteiger partial charge in [0.15, 0.2) is 11.5 Å². The molecule has 0 aliphatic rings. The zero-order valence-electron chi connectivity index (χ0n) is 9.14. The van der Waals surface area contributed by atoms with Crippen LogP contribution in [0.4, 0.5) is 11.5 Å². The van der Waals surface area contributed by atoms with Crippen LogP contribution in [0.15, 0.2) is 5.18 Å². The number of nitrogens with two attached hydrogens (primary N) is 1. The third-order valence-corrected chi connectivity index (χ3v) is 2.02. The molecule has 0 spiro atoms. The lowest BCUT2D eigenvalue weighted by molar-refractivity contribution is 0.131. The Morgan fingerprint density at radius 1 is 1.69 bits per heavy atom. The number of aromatic nitrogens is 2. The second-order valence-electron chi connectivity index (χ2n) is 3.15. The zero-order valence-corrected chi connectivity index (χ0v) is 9.14. The molecule has 1 rings (SSSR count). The molecule has 0 unspecified atom stereocenters. The van der Waals surface area contributed by atoms with Gasteiger partial charge in [-0.15, -0.1) is 4.91 Å². The molecular formula is C8H14BN5O2. The van der Waals surface area contributed by atoms with Gasteiger partial charge in [0.25, 0.3) is 0 Å². The van der Waals surface area contributed by atoms with Gasteiger partial charge in [0, 0.05) is 18.7 Å². The van der Waals surface area contributed by atoms with Crippen LogP contribution in [-0.2, 0) is 11.4 Å². The van der Waals surface area contributed by atoms with Crippen molar-refractivity contribution in [1.29, 1.82) is 0 Å². The molecule has 16 heavy (non-hydrogen) atoms. The quantitative estimate of drug-likeness (QED) is 0.288. The Kier molecular flexibility index (Phi) is 4.94. The first-order chi connectivity index (χ1) is 7.74. The fraction of sp³-hybridized carbons (Fsp3) is 0.625. The maximum absolute atomic E-state index is 10.6. The van der Waals surface area contributed by atoms with E-state index in [1.165, 1.54) is 0 Å². The smallest absolute Gasteiger partial charge is 0.162 e. The van der Waals surface area contributed by atoms with E-state index in [1.54, 1.807) is 4.68 Å². The Morgan fingerprint density at radius 2 is 2.44 bits per heavy atom. The van der Waals surface area contributed by atoms with E-state index in [0.29, 0.717) is 31.9 Å². The molecule has 86 valence electrons. The molecule has 0 saturated carbocycles. The summed E-state index contributed by atoms with van der Waals surface area (Å²) in [5, 5.41) is 9.87. The van der Waals surface area contributed by atoms with E-state index in [1.807, 2.05) is 6.92 Å². The van der Waals surface area contributed by atoms with Crippen LogP contribution < -0.4 is 16.8 Å². The number of aryl methyl sites for hydroxylation is 1. The van der Waals surface area contributed by atoms with E-state index in [2.05, 4.69) is 20.4 Å². The van der Waals surface area contributed by atoms with E-state index in [4.69, 9.17) is 13.7 Å². The molecule has 2 radical (unpaired) electrons. The molecule has 0 fully saturated rings. The first-order valence-electron chi connectivity index (χ1n) is 4.99. The molecule has 8 heteroatoms. The number of hydrogen-bond acceptors (Lipinski definition) is 6. The highest BCUT2D eigenvalue weighted by molar-refractivity contribution is 6.34. The summed E-state index contributed by atoms with van der Waals surface area (Å²) in [5.74, 6) is 5.45. The van der Waals surface area contributed by atoms with Gasteiger partial charge in [-0.2, -0.15) is 5.10 Å². The van der Waals surface area contributed by atoms with Crippen LogP contribution in [0.3, 0.4) is 0 Å². The summed E-state index contributed by atoms with van der Waals surface area (Å²) < 4.78 is 1.59. The molecule has 1 heterocycles. The summed E-state index contributed by atoms with van der Waals surface area (Å²) in [6, 6.07) is 0. The average Bonchev–Trinajstić information content (AvgIpc) is 2.56. The van der Waals surface area contributed by atoms with Crippen LogP contribution in [0, 0.1) is 4.91 Å². The zero-order chi connectivity index (χ0) is 12.0. The number of nitrogens with zero attached hydrogens (tertiary/aromatic N) is 3. The van der Waals surface area contributed by atoms with Crippen molar-refractivity contribution in [2.75, 3.05) is 18.5 Å². The summed E-state index contributed by atoms with van der Waals surface area (Å²) in [6.07, 6.45) is 0.675. The van der Waals surface area contributed by atoms with Crippen LogP contribution in [-0.4, -0.2) is 30.8 Å². The van der Waals surface area contributed by atoms with Crippen LogP contribution in [0.2, 0.25) is 0 Å². The second-order valence-corrected chi connectivity index (χ2v) is 3.15. The monoisotopic (exact) mass is 223 g/mol. The lowest BCUT2D eigenvalue weighted by Gasteiger charge is -2.07. The van der Waals surface area contributed by atoms with Crippen molar-refractivity contribution < 1.29 is 4.84 Å². The van der Waals surface area contributed by atoms with Crippen LogP contribution in [0.1, 0.15) is 13.3 Å². The van der Waals surface area contributed by atoms with E-state index in [0.717, 1.165) is 0 Å². The summed E-state index contributed by atoms with van der Waals surface area (Å²) in [6.45, 7) is 3.53. The third kappa shape index (κ3) is 2.80. The number of rotatable bonds is 7. The standard InChI is InChI=1S/C8H14BN5O2/c1-2-11-8-6(13-15)7(9)12-14(8)4-3-5-16-10/h11H,2-5,10H2,1H3. The largest absolute Gasteiger partial charge is 0.369 e. The SMILES string of the molecule is [B]c1nn(CCCON)c(NCC)c1N=O. The van der Waals surface area contributed by atoms with E-state index in [-0.39, 0.29) is 11.3 Å². The van der Waals surface area contributed by atoms with E-state index < -0.39 is 0 Å². The predicted octanol–water partition coefficient (Wildman–Crippen LogP) is -0.213. The van der Waals surface area contributed by atoms with Gasteiger partial charge in [0.1, 0.15) is 7.85 Å². The minimum Gasteiger partial charge on any atom is -0.369 e. The average molecular weight is 223 g/mol. The van der Waals surface area contributed by atoms with Gasteiger partial charge in [0.2, 0.25) is 0 Å². The third-order valence-electron chi connectivity index (χ3n) is 2.02. The molecule has 0 aromatic carbocycles. The van der Waals surface area contributed by atoms with Crippen molar-refractivity contribution in [2.45, 2.75) is 19.9 Å². The molecular weight excluding hydrogens is 209 g/mol. The summed E-state index contributed by atoms with van der Waals surface area (Å²) >= 11 is 0. The van der Waals surface area contributed by atoms with Gasteiger partial charge in [0.05, 0.1) is 6.61 Å². The van der Waals surface area contributed by atoms with Crippen molar-refractivity contribution >= 4 is 24.9 Å². The minimum absolute atomic E-state index is 0.125. The molecule has 0 saturated heterocycles. The summed E-state index contributed by atoms with van der Waals surface area (Å²) in [5.41, 5.74) is 0.273. The highest BCUT2D eigenvalue weighted by Crippen LogP contribution is 2.21. The summed E-state index contributed by atoms with van der Waals surface area (Å²) in [4.78, 5) is 15.0. The van der Waals surface area contributed by atoms with E-state index in [9.17, 15) is 4.91 Å². The van der Waals surface area contributed by atoms with Crippen molar-refractivity contribution in [3.05, 3.63) is 4.91 Å². The number of nitroso groups, excluding NO2 is 1. The first kappa shape index (κ1) is 12.7. The molecule has 0 atom stereocenters. The molecule has 1 aromatic heterocycles. The normalized spacial score (nSPS) is 10.4. The van der Waals surface area contributed by atoms with Gasteiger partial charge >= 0.3 is 0 Å².